The van der Waals surface area contributed by atoms with Crippen molar-refractivity contribution in [1.29, 1.82) is 0 Å². The number of nitrogens with zero attached hydrogens (tertiary/aromatic N) is 1. The van der Waals surface area contributed by atoms with Gasteiger partial charge >= 0.3 is 5.97 Å². The van der Waals surface area contributed by atoms with Crippen molar-refractivity contribution in [2.24, 2.45) is 0 Å². The van der Waals surface area contributed by atoms with Crippen LogP contribution in [0.3, 0.4) is 0 Å². The van der Waals surface area contributed by atoms with Crippen molar-refractivity contribution in [3.8, 4) is 0 Å². The van der Waals surface area contributed by atoms with Crippen molar-refractivity contribution in [2.45, 2.75) is 50.4 Å². The number of hydrogen-bond donors (Lipinski definition) is 1. The molecular formula is C13H18N2O2. The largest absolute Gasteiger partial charge is 0.465 e. The van der Waals surface area contributed by atoms with Crippen LogP contribution in [0.25, 0.3) is 0 Å². The highest BCUT2D eigenvalue weighted by molar-refractivity contribution is 5.92. The van der Waals surface area contributed by atoms with Crippen LogP contribution in [0.2, 0.25) is 0 Å². The molecule has 0 aliphatic heterocycles. The van der Waals surface area contributed by atoms with Gasteiger partial charge in [-0.15, -0.1) is 0 Å². The van der Waals surface area contributed by atoms with Crippen LogP contribution in [0.5, 0.6) is 0 Å². The molecule has 4 nitrogen and oxygen atoms in total. The summed E-state index contributed by atoms with van der Waals surface area (Å²) in [5, 5.41) is 7.48. The molecule has 0 unspecified atom stereocenters. The van der Waals surface area contributed by atoms with E-state index in [0.29, 0.717) is 11.8 Å². The Balaban J connectivity index is 1.98. The summed E-state index contributed by atoms with van der Waals surface area (Å²) in [4.78, 5) is 11.9. The van der Waals surface area contributed by atoms with Crippen molar-refractivity contribution < 1.29 is 9.53 Å². The van der Waals surface area contributed by atoms with Gasteiger partial charge in [0.25, 0.3) is 0 Å². The third-order valence-electron chi connectivity index (χ3n) is 3.94. The van der Waals surface area contributed by atoms with Gasteiger partial charge in [0.15, 0.2) is 0 Å². The Labute approximate surface area is 101 Å². The van der Waals surface area contributed by atoms with E-state index in [1.54, 1.807) is 0 Å². The fourth-order valence-electron chi connectivity index (χ4n) is 2.85. The molecule has 0 aromatic carbocycles. The van der Waals surface area contributed by atoms with Crippen molar-refractivity contribution >= 4 is 5.97 Å². The Hall–Kier alpha value is -1.32. The summed E-state index contributed by atoms with van der Waals surface area (Å²) >= 11 is 0. The number of H-pyrrole nitrogens is 1. The van der Waals surface area contributed by atoms with Gasteiger partial charge in [-0.2, -0.15) is 5.10 Å². The smallest absolute Gasteiger partial charge is 0.341 e. The molecule has 92 valence electrons. The number of rotatable bonds is 3. The lowest BCUT2D eigenvalue weighted by Gasteiger charge is -2.08. The summed E-state index contributed by atoms with van der Waals surface area (Å²) in [6, 6.07) is 0. The van der Waals surface area contributed by atoms with Gasteiger partial charge < -0.3 is 4.74 Å². The Morgan fingerprint density at radius 1 is 1.24 bits per heavy atom. The molecule has 1 heterocycles. The van der Waals surface area contributed by atoms with E-state index in [2.05, 4.69) is 10.2 Å². The molecule has 1 aromatic heterocycles. The molecule has 0 amide bonds. The molecule has 17 heavy (non-hydrogen) atoms. The fourth-order valence-corrected chi connectivity index (χ4v) is 2.85. The minimum atomic E-state index is -0.220. The summed E-state index contributed by atoms with van der Waals surface area (Å²) in [7, 11) is 1.45. The number of aromatic amines is 1. The van der Waals surface area contributed by atoms with Crippen molar-refractivity contribution in [3.05, 3.63) is 17.0 Å². The van der Waals surface area contributed by atoms with Gasteiger partial charge in [0.05, 0.1) is 18.5 Å². The molecule has 3 rings (SSSR count). The second kappa shape index (κ2) is 4.17. The molecule has 2 saturated carbocycles. The summed E-state index contributed by atoms with van der Waals surface area (Å²) in [6.07, 6.45) is 7.12. The van der Waals surface area contributed by atoms with Gasteiger partial charge in [-0.1, -0.05) is 12.8 Å². The van der Waals surface area contributed by atoms with Gasteiger partial charge in [-0.05, 0) is 25.7 Å². The maximum Gasteiger partial charge on any atom is 0.341 e. The predicted octanol–water partition coefficient (Wildman–Crippen LogP) is 2.73. The van der Waals surface area contributed by atoms with Crippen LogP contribution >= 0.6 is 0 Å². The average Bonchev–Trinajstić information content (AvgIpc) is 2.90. The van der Waals surface area contributed by atoms with E-state index in [1.807, 2.05) is 0 Å². The number of esters is 1. The molecule has 0 saturated heterocycles. The highest BCUT2D eigenvalue weighted by Crippen LogP contribution is 2.44. The van der Waals surface area contributed by atoms with Crippen molar-refractivity contribution in [3.63, 3.8) is 0 Å². The zero-order valence-electron chi connectivity index (χ0n) is 10.2. The van der Waals surface area contributed by atoms with Gasteiger partial charge in [-0.3, -0.25) is 5.10 Å². The van der Waals surface area contributed by atoms with Gasteiger partial charge in [-0.25, -0.2) is 4.79 Å². The zero-order valence-corrected chi connectivity index (χ0v) is 10.2. The number of carbonyl (C=O) groups excluding carboxylic acids is 1. The lowest BCUT2D eigenvalue weighted by atomic mass is 9.98. The molecule has 0 spiro atoms. The number of methoxy groups -OCH3 is 1. The number of ether oxygens (including phenoxy) is 1. The summed E-state index contributed by atoms with van der Waals surface area (Å²) < 4.78 is 4.91. The SMILES string of the molecule is COC(=O)c1c(C2CCCC2)n[nH]c1C1CC1. The van der Waals surface area contributed by atoms with Crippen LogP contribution in [0.4, 0.5) is 0 Å². The molecule has 2 aliphatic rings. The third kappa shape index (κ3) is 1.85. The van der Waals surface area contributed by atoms with Crippen LogP contribution in [0, 0.1) is 0 Å². The Morgan fingerprint density at radius 2 is 1.94 bits per heavy atom. The lowest BCUT2D eigenvalue weighted by Crippen LogP contribution is -2.08. The topological polar surface area (TPSA) is 55.0 Å². The van der Waals surface area contributed by atoms with Crippen molar-refractivity contribution in [2.75, 3.05) is 7.11 Å². The third-order valence-corrected chi connectivity index (χ3v) is 3.94. The van der Waals surface area contributed by atoms with E-state index in [4.69, 9.17) is 4.74 Å². The summed E-state index contributed by atoms with van der Waals surface area (Å²) in [6.45, 7) is 0. The van der Waals surface area contributed by atoms with E-state index in [-0.39, 0.29) is 5.97 Å². The fraction of sp³-hybridized carbons (Fsp3) is 0.692. The summed E-state index contributed by atoms with van der Waals surface area (Å²) in [5.74, 6) is 0.738. The van der Waals surface area contributed by atoms with E-state index in [1.165, 1.54) is 20.0 Å². The molecule has 1 N–H and O–H groups in total. The maximum absolute atomic E-state index is 11.9. The highest BCUT2D eigenvalue weighted by Gasteiger charge is 2.35. The molecule has 0 radical (unpaired) electrons. The van der Waals surface area contributed by atoms with E-state index in [9.17, 15) is 4.79 Å². The molecule has 2 aliphatic carbocycles. The number of aromatic nitrogens is 2. The molecular weight excluding hydrogens is 216 g/mol. The normalized spacial score (nSPS) is 20.8. The number of nitrogens with one attached hydrogen (secondary N) is 1. The second-order valence-corrected chi connectivity index (χ2v) is 5.14. The van der Waals surface area contributed by atoms with E-state index in [0.717, 1.165) is 42.6 Å². The molecule has 4 heteroatoms. The Kier molecular flexibility index (Phi) is 2.65. The average molecular weight is 234 g/mol. The lowest BCUT2D eigenvalue weighted by molar-refractivity contribution is 0.0597. The first-order valence-electron chi connectivity index (χ1n) is 6.47. The van der Waals surface area contributed by atoms with Crippen LogP contribution < -0.4 is 0 Å². The Bertz CT molecular complexity index is 429. The first kappa shape index (κ1) is 10.8. The quantitative estimate of drug-likeness (QED) is 0.818. The minimum Gasteiger partial charge on any atom is -0.465 e. The summed E-state index contributed by atoms with van der Waals surface area (Å²) in [5.41, 5.74) is 2.71. The maximum atomic E-state index is 11.9. The Morgan fingerprint density at radius 3 is 2.53 bits per heavy atom. The first-order chi connectivity index (χ1) is 8.31. The molecule has 0 bridgehead atoms. The molecule has 1 aromatic rings. The van der Waals surface area contributed by atoms with E-state index >= 15 is 0 Å². The standard InChI is InChI=1S/C13H18N2O2/c1-17-13(16)10-11(8-4-2-3-5-8)14-15-12(10)9-6-7-9/h8-9H,2-7H2,1H3,(H,14,15). The van der Waals surface area contributed by atoms with Crippen LogP contribution in [0.1, 0.15) is 72.1 Å². The van der Waals surface area contributed by atoms with Crippen LogP contribution in [-0.4, -0.2) is 23.3 Å². The molecule has 0 atom stereocenters. The predicted molar refractivity (Wildman–Crippen MR) is 63.1 cm³/mol. The molecule has 2 fully saturated rings. The number of carbonyl (C=O) groups is 1. The van der Waals surface area contributed by atoms with Crippen LogP contribution in [0.15, 0.2) is 0 Å². The van der Waals surface area contributed by atoms with Gasteiger partial charge in [0.2, 0.25) is 0 Å². The van der Waals surface area contributed by atoms with Gasteiger partial charge in [0.1, 0.15) is 5.56 Å². The number of hydrogen-bond acceptors (Lipinski definition) is 3. The second-order valence-electron chi connectivity index (χ2n) is 5.14. The van der Waals surface area contributed by atoms with Crippen molar-refractivity contribution in [1.82, 2.24) is 10.2 Å². The first-order valence-corrected chi connectivity index (χ1v) is 6.47. The van der Waals surface area contributed by atoms with Crippen LogP contribution in [-0.2, 0) is 4.74 Å². The minimum absolute atomic E-state index is 0.220. The van der Waals surface area contributed by atoms with Gasteiger partial charge in [0, 0.05) is 11.8 Å². The highest BCUT2D eigenvalue weighted by atomic mass is 16.5. The van der Waals surface area contributed by atoms with E-state index < -0.39 is 0 Å². The zero-order chi connectivity index (χ0) is 11.8. The monoisotopic (exact) mass is 234 g/mol.